The minimum Gasteiger partial charge on any atom is -0.339 e. The Morgan fingerprint density at radius 1 is 0.944 bits per heavy atom. The molecular formula is C13H20N2O3. The van der Waals surface area contributed by atoms with Crippen LogP contribution in [0.25, 0.3) is 0 Å². The van der Waals surface area contributed by atoms with Gasteiger partial charge < -0.3 is 14.6 Å². The third-order valence-electron chi connectivity index (χ3n) is 3.56. The first-order valence-corrected chi connectivity index (χ1v) is 6.64. The molecule has 1 saturated heterocycles. The van der Waals surface area contributed by atoms with Crippen molar-refractivity contribution in [1.29, 1.82) is 0 Å². The van der Waals surface area contributed by atoms with E-state index in [9.17, 15) is 14.4 Å². The van der Waals surface area contributed by atoms with Crippen molar-refractivity contribution in [1.82, 2.24) is 9.80 Å². The first-order chi connectivity index (χ1) is 8.58. The molecule has 2 rings (SSSR count). The van der Waals surface area contributed by atoms with Crippen molar-refractivity contribution in [2.45, 2.75) is 32.6 Å². The maximum absolute atomic E-state index is 11.8. The average molecular weight is 252 g/mol. The number of hydrogen-bond acceptors (Lipinski definition) is 3. The zero-order valence-corrected chi connectivity index (χ0v) is 10.9. The number of piperazine rings is 1. The fourth-order valence-electron chi connectivity index (χ4n) is 2.21. The summed E-state index contributed by atoms with van der Waals surface area (Å²) in [7, 11) is 0. The Balaban J connectivity index is 1.73. The van der Waals surface area contributed by atoms with Gasteiger partial charge in [-0.05, 0) is 19.8 Å². The zero-order chi connectivity index (χ0) is 13.1. The standard InChI is InChI=1S/C13H20N2O3/c1-10(16)2-5-12(17)14-6-8-15(9-7-14)13(18)11-3-4-11/h11H,2-9H2,1H3. The second-order valence-corrected chi connectivity index (χ2v) is 5.18. The van der Waals surface area contributed by atoms with Crippen molar-refractivity contribution in [3.8, 4) is 0 Å². The molecule has 0 unspecified atom stereocenters. The number of rotatable bonds is 4. The molecule has 1 aliphatic carbocycles. The fraction of sp³-hybridized carbons (Fsp3) is 0.769. The van der Waals surface area contributed by atoms with Gasteiger partial charge in [0.25, 0.3) is 0 Å². The number of Topliss-reactive ketones (excluding diaryl/α,β-unsaturated/α-hetero) is 1. The average Bonchev–Trinajstić information content (AvgIpc) is 3.19. The molecule has 0 radical (unpaired) electrons. The first-order valence-electron chi connectivity index (χ1n) is 6.64. The lowest BCUT2D eigenvalue weighted by Gasteiger charge is -2.35. The highest BCUT2D eigenvalue weighted by Gasteiger charge is 2.35. The molecule has 5 nitrogen and oxygen atoms in total. The van der Waals surface area contributed by atoms with Gasteiger partial charge in [0.1, 0.15) is 5.78 Å². The van der Waals surface area contributed by atoms with E-state index in [0.717, 1.165) is 12.8 Å². The van der Waals surface area contributed by atoms with Crippen LogP contribution in [0.1, 0.15) is 32.6 Å². The number of carbonyl (C=O) groups excluding carboxylic acids is 3. The molecule has 2 fully saturated rings. The Morgan fingerprint density at radius 3 is 2.00 bits per heavy atom. The van der Waals surface area contributed by atoms with Crippen LogP contribution in [0.3, 0.4) is 0 Å². The summed E-state index contributed by atoms with van der Waals surface area (Å²) in [5, 5.41) is 0. The molecule has 18 heavy (non-hydrogen) atoms. The lowest BCUT2D eigenvalue weighted by atomic mass is 10.2. The van der Waals surface area contributed by atoms with Crippen molar-refractivity contribution in [3.63, 3.8) is 0 Å². The smallest absolute Gasteiger partial charge is 0.225 e. The molecule has 0 atom stereocenters. The third kappa shape index (κ3) is 3.31. The van der Waals surface area contributed by atoms with Crippen LogP contribution in [0.4, 0.5) is 0 Å². The zero-order valence-electron chi connectivity index (χ0n) is 10.9. The van der Waals surface area contributed by atoms with Gasteiger partial charge >= 0.3 is 0 Å². The molecule has 0 aromatic rings. The van der Waals surface area contributed by atoms with E-state index in [1.165, 1.54) is 6.92 Å². The number of carbonyl (C=O) groups is 3. The van der Waals surface area contributed by atoms with Crippen molar-refractivity contribution in [2.75, 3.05) is 26.2 Å². The second kappa shape index (κ2) is 5.50. The summed E-state index contributed by atoms with van der Waals surface area (Å²) >= 11 is 0. The molecule has 2 amide bonds. The summed E-state index contributed by atoms with van der Waals surface area (Å²) in [6.07, 6.45) is 2.67. The van der Waals surface area contributed by atoms with Gasteiger partial charge in [0, 0.05) is 44.9 Å². The molecule has 1 heterocycles. The van der Waals surface area contributed by atoms with Crippen molar-refractivity contribution >= 4 is 17.6 Å². The third-order valence-corrected chi connectivity index (χ3v) is 3.56. The fourth-order valence-corrected chi connectivity index (χ4v) is 2.21. The Hall–Kier alpha value is -1.39. The van der Waals surface area contributed by atoms with Crippen molar-refractivity contribution in [3.05, 3.63) is 0 Å². The highest BCUT2D eigenvalue weighted by molar-refractivity contribution is 5.84. The SMILES string of the molecule is CC(=O)CCC(=O)N1CCN(C(=O)C2CC2)CC1. The van der Waals surface area contributed by atoms with Gasteiger partial charge in [0.15, 0.2) is 0 Å². The Bertz CT molecular complexity index is 355. The van der Waals surface area contributed by atoms with Crippen LogP contribution in [-0.4, -0.2) is 53.6 Å². The Labute approximate surface area is 107 Å². The quantitative estimate of drug-likeness (QED) is 0.729. The van der Waals surface area contributed by atoms with E-state index >= 15 is 0 Å². The van der Waals surface area contributed by atoms with E-state index in [1.807, 2.05) is 4.90 Å². The van der Waals surface area contributed by atoms with E-state index in [1.54, 1.807) is 4.90 Å². The van der Waals surface area contributed by atoms with Gasteiger partial charge in [-0.3, -0.25) is 9.59 Å². The van der Waals surface area contributed by atoms with Gasteiger partial charge in [0.05, 0.1) is 0 Å². The summed E-state index contributed by atoms with van der Waals surface area (Å²) in [6, 6.07) is 0. The van der Waals surface area contributed by atoms with Crippen LogP contribution in [0, 0.1) is 5.92 Å². The Kier molecular flexibility index (Phi) is 3.99. The van der Waals surface area contributed by atoms with Crippen LogP contribution in [0.5, 0.6) is 0 Å². The molecular weight excluding hydrogens is 232 g/mol. The molecule has 0 aromatic heterocycles. The number of ketones is 1. The van der Waals surface area contributed by atoms with Gasteiger partial charge in [-0.25, -0.2) is 0 Å². The van der Waals surface area contributed by atoms with Crippen molar-refractivity contribution in [2.24, 2.45) is 5.92 Å². The lowest BCUT2D eigenvalue weighted by Crippen LogP contribution is -2.51. The maximum atomic E-state index is 11.8. The summed E-state index contributed by atoms with van der Waals surface area (Å²) < 4.78 is 0. The summed E-state index contributed by atoms with van der Waals surface area (Å²) in [6.45, 7) is 3.99. The number of hydrogen-bond donors (Lipinski definition) is 0. The minimum absolute atomic E-state index is 0.0312. The van der Waals surface area contributed by atoms with Gasteiger partial charge in [-0.15, -0.1) is 0 Å². The normalized spacial score (nSPS) is 19.8. The molecule has 2 aliphatic rings. The highest BCUT2D eigenvalue weighted by atomic mass is 16.2. The molecule has 1 saturated carbocycles. The molecule has 0 bridgehead atoms. The van der Waals surface area contributed by atoms with Gasteiger partial charge in [0.2, 0.25) is 11.8 Å². The van der Waals surface area contributed by atoms with E-state index in [0.29, 0.717) is 39.0 Å². The van der Waals surface area contributed by atoms with E-state index in [-0.39, 0.29) is 23.5 Å². The molecule has 5 heteroatoms. The number of nitrogens with zero attached hydrogens (tertiary/aromatic N) is 2. The lowest BCUT2D eigenvalue weighted by molar-refractivity contribution is -0.140. The predicted molar refractivity (Wildman–Crippen MR) is 65.8 cm³/mol. The minimum atomic E-state index is 0.0312. The topological polar surface area (TPSA) is 57.7 Å². The Morgan fingerprint density at radius 2 is 1.50 bits per heavy atom. The largest absolute Gasteiger partial charge is 0.339 e. The second-order valence-electron chi connectivity index (χ2n) is 5.18. The number of amides is 2. The molecule has 0 N–H and O–H groups in total. The molecule has 100 valence electrons. The van der Waals surface area contributed by atoms with E-state index in [2.05, 4.69) is 0 Å². The van der Waals surface area contributed by atoms with Gasteiger partial charge in [-0.2, -0.15) is 0 Å². The van der Waals surface area contributed by atoms with Crippen molar-refractivity contribution < 1.29 is 14.4 Å². The van der Waals surface area contributed by atoms with Crippen LogP contribution < -0.4 is 0 Å². The summed E-state index contributed by atoms with van der Waals surface area (Å²) in [5.41, 5.74) is 0. The highest BCUT2D eigenvalue weighted by Crippen LogP contribution is 2.31. The van der Waals surface area contributed by atoms with Crippen LogP contribution in [0.2, 0.25) is 0 Å². The van der Waals surface area contributed by atoms with Gasteiger partial charge in [-0.1, -0.05) is 0 Å². The first kappa shape index (κ1) is 13.1. The molecule has 0 aromatic carbocycles. The van der Waals surface area contributed by atoms with Crippen LogP contribution in [0.15, 0.2) is 0 Å². The molecule has 1 aliphatic heterocycles. The van der Waals surface area contributed by atoms with Crippen LogP contribution >= 0.6 is 0 Å². The monoisotopic (exact) mass is 252 g/mol. The predicted octanol–water partition coefficient (Wildman–Crippen LogP) is 0.436. The summed E-state index contributed by atoms with van der Waals surface area (Å²) in [5.74, 6) is 0.588. The maximum Gasteiger partial charge on any atom is 0.225 e. The van der Waals surface area contributed by atoms with E-state index < -0.39 is 0 Å². The summed E-state index contributed by atoms with van der Waals surface area (Å²) in [4.78, 5) is 38.1. The molecule has 0 spiro atoms. The van der Waals surface area contributed by atoms with E-state index in [4.69, 9.17) is 0 Å². The van der Waals surface area contributed by atoms with Crippen LogP contribution in [-0.2, 0) is 14.4 Å².